The maximum absolute atomic E-state index is 12.8. The first kappa shape index (κ1) is 16.3. The molecule has 132 valence electrons. The molecule has 7 nitrogen and oxygen atoms in total. The van der Waals surface area contributed by atoms with E-state index in [2.05, 4.69) is 22.0 Å². The molecule has 1 aromatic carbocycles. The lowest BCUT2D eigenvalue weighted by molar-refractivity contribution is -0.121. The van der Waals surface area contributed by atoms with Crippen LogP contribution in [-0.4, -0.2) is 31.6 Å². The average molecular weight is 349 g/mol. The van der Waals surface area contributed by atoms with Crippen molar-refractivity contribution in [1.82, 2.24) is 24.5 Å². The average Bonchev–Trinajstić information content (AvgIpc) is 3.32. The van der Waals surface area contributed by atoms with E-state index in [9.17, 15) is 9.59 Å². The molecule has 1 amide bonds. The van der Waals surface area contributed by atoms with Crippen LogP contribution in [0.4, 0.5) is 0 Å². The van der Waals surface area contributed by atoms with Gasteiger partial charge in [-0.15, -0.1) is 11.7 Å². The summed E-state index contributed by atoms with van der Waals surface area (Å²) in [4.78, 5) is 29.6. The third kappa shape index (κ3) is 2.71. The molecule has 0 fully saturated rings. The number of carbonyl (C=O) groups is 1. The van der Waals surface area contributed by atoms with Gasteiger partial charge in [0, 0.05) is 23.4 Å². The van der Waals surface area contributed by atoms with Gasteiger partial charge in [-0.05, 0) is 19.3 Å². The summed E-state index contributed by atoms with van der Waals surface area (Å²) in [6.45, 7) is 4.11. The molecule has 1 N–H and O–H groups in total. The molecule has 26 heavy (non-hydrogen) atoms. The van der Waals surface area contributed by atoms with E-state index in [1.165, 1.54) is 4.52 Å². The van der Waals surface area contributed by atoms with Gasteiger partial charge in [0.1, 0.15) is 6.54 Å². The molecule has 0 spiro atoms. The summed E-state index contributed by atoms with van der Waals surface area (Å²) in [5.74, 6) is 0.740. The topological polar surface area (TPSA) is 81.3 Å². The maximum atomic E-state index is 12.8. The molecule has 4 rings (SSSR count). The molecule has 1 aliphatic rings. The van der Waals surface area contributed by atoms with Crippen LogP contribution in [0.5, 0.6) is 0 Å². The van der Waals surface area contributed by atoms with Gasteiger partial charge in [-0.1, -0.05) is 36.4 Å². The number of nitrogens with one attached hydrogen (secondary N) is 1. The lowest BCUT2D eigenvalue weighted by atomic mass is 10.2. The van der Waals surface area contributed by atoms with Gasteiger partial charge in [0.05, 0.1) is 0 Å². The molecule has 0 bridgehead atoms. The van der Waals surface area contributed by atoms with Crippen LogP contribution >= 0.6 is 0 Å². The second-order valence-corrected chi connectivity index (χ2v) is 6.28. The minimum Gasteiger partial charge on any atom is -0.351 e. The Bertz CT molecular complexity index is 1050. The number of rotatable bonds is 5. The first-order chi connectivity index (χ1) is 12.7. The molecule has 2 heterocycles. The molecule has 0 saturated carbocycles. The number of hydrogen-bond acceptors (Lipinski definition) is 4. The molecule has 7 heteroatoms. The van der Waals surface area contributed by atoms with Gasteiger partial charge >= 0.3 is 0 Å². The van der Waals surface area contributed by atoms with Gasteiger partial charge < -0.3 is 9.88 Å². The molecular weight excluding hydrogens is 330 g/mol. The molecule has 2 aromatic heterocycles. The predicted molar refractivity (Wildman–Crippen MR) is 97.9 cm³/mol. The number of nitrogens with zero attached hydrogens (tertiary/aromatic N) is 4. The largest absolute Gasteiger partial charge is 0.351 e. The van der Waals surface area contributed by atoms with Crippen molar-refractivity contribution >= 4 is 11.7 Å². The third-order valence-electron chi connectivity index (χ3n) is 4.57. The Kier molecular flexibility index (Phi) is 4.12. The second-order valence-electron chi connectivity index (χ2n) is 6.28. The first-order valence-electron chi connectivity index (χ1n) is 8.63. The molecule has 0 unspecified atom stereocenters. The Morgan fingerprint density at radius 3 is 2.85 bits per heavy atom. The van der Waals surface area contributed by atoms with Crippen molar-refractivity contribution in [3.05, 3.63) is 64.6 Å². The molecule has 1 aliphatic carbocycles. The molecule has 0 atom stereocenters. The zero-order valence-corrected chi connectivity index (χ0v) is 14.3. The van der Waals surface area contributed by atoms with Crippen molar-refractivity contribution in [3.63, 3.8) is 0 Å². The van der Waals surface area contributed by atoms with Crippen LogP contribution in [-0.2, 0) is 24.2 Å². The van der Waals surface area contributed by atoms with Crippen molar-refractivity contribution in [3.8, 4) is 11.4 Å². The van der Waals surface area contributed by atoms with Crippen molar-refractivity contribution in [2.24, 2.45) is 0 Å². The van der Waals surface area contributed by atoms with Crippen molar-refractivity contribution in [2.45, 2.75) is 25.8 Å². The summed E-state index contributed by atoms with van der Waals surface area (Å²) in [6, 6.07) is 9.50. The zero-order chi connectivity index (χ0) is 18.1. The minimum atomic E-state index is -0.145. The van der Waals surface area contributed by atoms with Gasteiger partial charge in [0.25, 0.3) is 5.56 Å². The number of carbonyl (C=O) groups excluding carboxylic acids is 1. The van der Waals surface area contributed by atoms with Crippen LogP contribution in [0.3, 0.4) is 0 Å². The van der Waals surface area contributed by atoms with E-state index in [0.717, 1.165) is 29.7 Å². The van der Waals surface area contributed by atoms with Crippen LogP contribution in [0.15, 0.2) is 47.8 Å². The van der Waals surface area contributed by atoms with Crippen LogP contribution in [0.25, 0.3) is 17.2 Å². The van der Waals surface area contributed by atoms with Gasteiger partial charge in [0.15, 0.2) is 5.82 Å². The smallest absolute Gasteiger partial charge is 0.279 e. The fourth-order valence-corrected chi connectivity index (χ4v) is 3.38. The number of benzene rings is 1. The van der Waals surface area contributed by atoms with E-state index in [4.69, 9.17) is 0 Å². The predicted octanol–water partition coefficient (Wildman–Crippen LogP) is 1.35. The van der Waals surface area contributed by atoms with Gasteiger partial charge in [0.2, 0.25) is 11.7 Å². The highest BCUT2D eigenvalue weighted by atomic mass is 16.2. The van der Waals surface area contributed by atoms with Crippen LogP contribution in [0.2, 0.25) is 0 Å². The van der Waals surface area contributed by atoms with Crippen molar-refractivity contribution < 1.29 is 4.79 Å². The summed E-state index contributed by atoms with van der Waals surface area (Å²) in [7, 11) is 0. The number of fused-ring (bicyclic) bond motifs is 2. The molecular formula is C19H19N5O2. The highest BCUT2D eigenvalue weighted by Crippen LogP contribution is 2.22. The van der Waals surface area contributed by atoms with Crippen LogP contribution in [0.1, 0.15) is 17.7 Å². The lowest BCUT2D eigenvalue weighted by Crippen LogP contribution is -2.31. The number of hydrogen-bond donors (Lipinski definition) is 1. The van der Waals surface area contributed by atoms with E-state index in [0.29, 0.717) is 24.6 Å². The van der Waals surface area contributed by atoms with E-state index in [1.807, 2.05) is 34.9 Å². The Morgan fingerprint density at radius 1 is 1.27 bits per heavy atom. The summed E-state index contributed by atoms with van der Waals surface area (Å²) >= 11 is 0. The molecule has 0 aliphatic heterocycles. The SMILES string of the molecule is C=CCNC(=O)Cn1c2c(c(=O)n3nc(-c4ccccc4)nc13)CCC2. The first-order valence-corrected chi connectivity index (χ1v) is 8.63. The third-order valence-corrected chi connectivity index (χ3v) is 4.57. The summed E-state index contributed by atoms with van der Waals surface area (Å²) in [6.07, 6.45) is 4.01. The maximum Gasteiger partial charge on any atom is 0.279 e. The standard InChI is InChI=1S/C19H19N5O2/c1-2-11-20-16(25)12-23-15-10-6-9-14(15)18(26)24-19(23)21-17(22-24)13-7-4-3-5-8-13/h2-5,7-8H,1,6,9-12H2,(H,20,25). The van der Waals surface area contributed by atoms with E-state index in [1.54, 1.807) is 6.08 Å². The van der Waals surface area contributed by atoms with Gasteiger partial charge in [-0.2, -0.15) is 9.50 Å². The number of amides is 1. The second kappa shape index (κ2) is 6.59. The monoisotopic (exact) mass is 349 g/mol. The highest BCUT2D eigenvalue weighted by Gasteiger charge is 2.24. The highest BCUT2D eigenvalue weighted by molar-refractivity contribution is 5.76. The summed E-state index contributed by atoms with van der Waals surface area (Å²) in [5.41, 5.74) is 2.32. The normalized spacial score (nSPS) is 12.9. The lowest BCUT2D eigenvalue weighted by Gasteiger charge is -2.13. The van der Waals surface area contributed by atoms with Crippen molar-refractivity contribution in [2.75, 3.05) is 6.54 Å². The van der Waals surface area contributed by atoms with E-state index >= 15 is 0 Å². The fourth-order valence-electron chi connectivity index (χ4n) is 3.38. The molecule has 3 aromatic rings. The summed E-state index contributed by atoms with van der Waals surface area (Å²) in [5, 5.41) is 7.19. The number of aromatic nitrogens is 4. The Labute approximate surface area is 150 Å². The van der Waals surface area contributed by atoms with E-state index in [-0.39, 0.29) is 18.0 Å². The Hall–Kier alpha value is -3.22. The zero-order valence-electron chi connectivity index (χ0n) is 14.3. The Balaban J connectivity index is 1.87. The quantitative estimate of drug-likeness (QED) is 0.705. The van der Waals surface area contributed by atoms with Crippen LogP contribution in [0, 0.1) is 0 Å². The summed E-state index contributed by atoms with van der Waals surface area (Å²) < 4.78 is 3.15. The van der Waals surface area contributed by atoms with E-state index < -0.39 is 0 Å². The molecule has 0 radical (unpaired) electrons. The van der Waals surface area contributed by atoms with Crippen molar-refractivity contribution in [1.29, 1.82) is 0 Å². The van der Waals surface area contributed by atoms with Crippen LogP contribution < -0.4 is 10.9 Å². The fraction of sp³-hybridized carbons (Fsp3) is 0.263. The molecule has 0 saturated heterocycles. The van der Waals surface area contributed by atoms with Gasteiger partial charge in [-0.25, -0.2) is 0 Å². The minimum absolute atomic E-state index is 0.104. The van der Waals surface area contributed by atoms with Gasteiger partial charge in [-0.3, -0.25) is 9.59 Å². The Morgan fingerprint density at radius 2 is 2.08 bits per heavy atom.